The molecule has 1 heterocycles. The lowest BCUT2D eigenvalue weighted by Crippen LogP contribution is -2.43. The van der Waals surface area contributed by atoms with Crippen LogP contribution in [-0.4, -0.2) is 40.6 Å². The van der Waals surface area contributed by atoms with Crippen LogP contribution in [-0.2, 0) is 20.9 Å². The Balaban J connectivity index is 1.30. The average Bonchev–Trinajstić information content (AvgIpc) is 3.54. The Morgan fingerprint density at radius 3 is 2.37 bits per heavy atom. The van der Waals surface area contributed by atoms with Crippen LogP contribution in [0.2, 0.25) is 0 Å². The van der Waals surface area contributed by atoms with Crippen molar-refractivity contribution in [3.05, 3.63) is 72.7 Å². The van der Waals surface area contributed by atoms with E-state index in [1.54, 1.807) is 32.4 Å². The van der Waals surface area contributed by atoms with Gasteiger partial charge in [0.15, 0.2) is 5.60 Å². The fourth-order valence-corrected chi connectivity index (χ4v) is 4.10. The van der Waals surface area contributed by atoms with E-state index in [0.717, 1.165) is 35.2 Å². The summed E-state index contributed by atoms with van der Waals surface area (Å²) < 4.78 is 16.6. The summed E-state index contributed by atoms with van der Waals surface area (Å²) in [6.45, 7) is 9.98. The second-order valence-electron chi connectivity index (χ2n) is 11.3. The predicted octanol–water partition coefficient (Wildman–Crippen LogP) is 6.44. The van der Waals surface area contributed by atoms with Crippen molar-refractivity contribution in [2.75, 3.05) is 11.9 Å². The Bertz CT molecular complexity index is 1220. The van der Waals surface area contributed by atoms with E-state index in [0.29, 0.717) is 31.3 Å². The molecule has 2 aromatic carbocycles. The number of ether oxygens (including phenoxy) is 2. The van der Waals surface area contributed by atoms with Gasteiger partial charge < -0.3 is 24.1 Å². The van der Waals surface area contributed by atoms with Crippen molar-refractivity contribution in [3.63, 3.8) is 0 Å². The minimum atomic E-state index is -1.14. The fraction of sp³-hybridized carbons (Fsp3) is 0.419. The van der Waals surface area contributed by atoms with Gasteiger partial charge in [-0.3, -0.25) is 4.79 Å². The molecule has 1 N–H and O–H groups in total. The van der Waals surface area contributed by atoms with Crippen LogP contribution in [0.15, 0.2) is 71.5 Å². The number of esters is 1. The van der Waals surface area contributed by atoms with Crippen molar-refractivity contribution >= 4 is 17.6 Å². The fourth-order valence-electron chi connectivity index (χ4n) is 4.10. The molecule has 1 amide bonds. The number of hydrogen-bond acceptors (Lipinski definition) is 6. The maximum Gasteiger partial charge on any atom is 0.350 e. The molecule has 0 saturated heterocycles. The van der Waals surface area contributed by atoms with Gasteiger partial charge in [-0.2, -0.15) is 0 Å². The normalized spacial score (nSPS) is 13.6. The third kappa shape index (κ3) is 7.63. The molecule has 1 aliphatic rings. The van der Waals surface area contributed by atoms with Crippen LogP contribution >= 0.6 is 0 Å². The van der Waals surface area contributed by atoms with Crippen molar-refractivity contribution in [2.45, 2.75) is 77.7 Å². The number of benzene rings is 2. The molecule has 1 saturated carbocycles. The molecule has 38 heavy (non-hydrogen) atoms. The molecule has 0 bridgehead atoms. The largest absolute Gasteiger partial charge is 0.476 e. The molecule has 0 aliphatic heterocycles. The number of furan rings is 1. The molecule has 202 valence electrons. The van der Waals surface area contributed by atoms with Gasteiger partial charge in [-0.25, -0.2) is 4.79 Å². The predicted molar refractivity (Wildman–Crippen MR) is 148 cm³/mol. The van der Waals surface area contributed by atoms with E-state index >= 15 is 0 Å². The summed E-state index contributed by atoms with van der Waals surface area (Å²) in [7, 11) is 0. The Morgan fingerprint density at radius 1 is 1.00 bits per heavy atom. The molecule has 7 nitrogen and oxygen atoms in total. The summed E-state index contributed by atoms with van der Waals surface area (Å²) in [4.78, 5) is 27.6. The zero-order valence-electron chi connectivity index (χ0n) is 23.0. The van der Waals surface area contributed by atoms with E-state index in [2.05, 4.69) is 29.6 Å². The van der Waals surface area contributed by atoms with Gasteiger partial charge in [0, 0.05) is 42.9 Å². The van der Waals surface area contributed by atoms with Gasteiger partial charge in [-0.1, -0.05) is 30.3 Å². The molecule has 0 unspecified atom stereocenters. The van der Waals surface area contributed by atoms with Gasteiger partial charge in [0.05, 0.1) is 12.5 Å². The average molecular weight is 519 g/mol. The standard InChI is InChI=1S/C31H38N2O5/c1-30(2,3)38-29(35)31(4,5)37-27-8-6-7-25(19-27)32-17-15-28(34)33(26-13-14-26)20-22-9-11-23(12-10-22)24-16-18-36-21-24/h6-12,16,18-19,21,26,32H,13-15,17,20H2,1-5H3. The van der Waals surface area contributed by atoms with Gasteiger partial charge in [0.1, 0.15) is 11.4 Å². The first-order valence-electron chi connectivity index (χ1n) is 13.2. The number of anilines is 1. The van der Waals surface area contributed by atoms with Gasteiger partial charge in [0.2, 0.25) is 5.91 Å². The van der Waals surface area contributed by atoms with Crippen LogP contribution in [0.1, 0.15) is 59.4 Å². The highest BCUT2D eigenvalue weighted by molar-refractivity contribution is 5.79. The smallest absolute Gasteiger partial charge is 0.350 e. The lowest BCUT2D eigenvalue weighted by Gasteiger charge is -2.29. The second kappa shape index (κ2) is 11.3. The van der Waals surface area contributed by atoms with E-state index in [9.17, 15) is 9.59 Å². The van der Waals surface area contributed by atoms with E-state index in [4.69, 9.17) is 13.9 Å². The number of nitrogens with one attached hydrogen (secondary N) is 1. The van der Waals surface area contributed by atoms with Crippen LogP contribution in [0, 0.1) is 0 Å². The summed E-state index contributed by atoms with van der Waals surface area (Å²) in [6.07, 6.45) is 5.89. The molecule has 1 fully saturated rings. The number of nitrogens with zero attached hydrogens (tertiary/aromatic N) is 1. The molecule has 7 heteroatoms. The first-order chi connectivity index (χ1) is 18.0. The molecule has 0 atom stereocenters. The number of rotatable bonds is 11. The van der Waals surface area contributed by atoms with Gasteiger partial charge in [0.25, 0.3) is 0 Å². The molecular formula is C31H38N2O5. The lowest BCUT2D eigenvalue weighted by atomic mass is 10.1. The molecule has 1 aromatic heterocycles. The van der Waals surface area contributed by atoms with Gasteiger partial charge >= 0.3 is 5.97 Å². The van der Waals surface area contributed by atoms with E-state index in [-0.39, 0.29) is 5.91 Å². The van der Waals surface area contributed by atoms with E-state index in [1.165, 1.54) is 0 Å². The Kier molecular flexibility index (Phi) is 8.14. The number of carbonyl (C=O) groups excluding carboxylic acids is 2. The van der Waals surface area contributed by atoms with Crippen LogP contribution in [0.5, 0.6) is 5.75 Å². The highest BCUT2D eigenvalue weighted by Gasteiger charge is 2.35. The Hall–Kier alpha value is -3.74. The molecule has 3 aromatic rings. The topological polar surface area (TPSA) is 81.0 Å². The van der Waals surface area contributed by atoms with Crippen molar-refractivity contribution in [1.29, 1.82) is 0 Å². The monoisotopic (exact) mass is 518 g/mol. The van der Waals surface area contributed by atoms with E-state index < -0.39 is 17.2 Å². The maximum absolute atomic E-state index is 13.1. The zero-order valence-corrected chi connectivity index (χ0v) is 23.0. The quantitative estimate of drug-likeness (QED) is 0.294. The minimum absolute atomic E-state index is 0.136. The molecular weight excluding hydrogens is 480 g/mol. The molecule has 0 spiro atoms. The van der Waals surface area contributed by atoms with E-state index in [1.807, 2.05) is 49.9 Å². The summed E-state index contributed by atoms with van der Waals surface area (Å²) >= 11 is 0. The first kappa shape index (κ1) is 27.3. The summed E-state index contributed by atoms with van der Waals surface area (Å²) in [5.74, 6) is 0.262. The van der Waals surface area contributed by atoms with Crippen LogP contribution < -0.4 is 10.1 Å². The zero-order chi connectivity index (χ0) is 27.3. The number of amides is 1. The highest BCUT2D eigenvalue weighted by Crippen LogP contribution is 2.30. The van der Waals surface area contributed by atoms with Crippen molar-refractivity contribution < 1.29 is 23.5 Å². The maximum atomic E-state index is 13.1. The summed E-state index contributed by atoms with van der Waals surface area (Å²) in [5.41, 5.74) is 2.35. The van der Waals surface area contributed by atoms with Crippen molar-refractivity contribution in [3.8, 4) is 16.9 Å². The number of hydrogen-bond donors (Lipinski definition) is 1. The third-order valence-corrected chi connectivity index (χ3v) is 6.23. The van der Waals surface area contributed by atoms with Crippen LogP contribution in [0.4, 0.5) is 5.69 Å². The second-order valence-corrected chi connectivity index (χ2v) is 11.3. The molecule has 0 radical (unpaired) electrons. The van der Waals surface area contributed by atoms with Gasteiger partial charge in [-0.15, -0.1) is 0 Å². The first-order valence-corrected chi connectivity index (χ1v) is 13.2. The van der Waals surface area contributed by atoms with Crippen LogP contribution in [0.3, 0.4) is 0 Å². The summed E-state index contributed by atoms with van der Waals surface area (Å²) in [6, 6.07) is 17.9. The summed E-state index contributed by atoms with van der Waals surface area (Å²) in [5, 5.41) is 3.32. The highest BCUT2D eigenvalue weighted by atomic mass is 16.6. The number of carbonyl (C=O) groups is 2. The SMILES string of the molecule is CC(C)(C)OC(=O)C(C)(C)Oc1cccc(NCCC(=O)N(Cc2ccc(-c3ccoc3)cc2)C2CC2)c1. The Morgan fingerprint density at radius 2 is 1.74 bits per heavy atom. The Labute approximate surface area is 225 Å². The van der Waals surface area contributed by atoms with Crippen molar-refractivity contribution in [1.82, 2.24) is 4.90 Å². The van der Waals surface area contributed by atoms with Crippen molar-refractivity contribution in [2.24, 2.45) is 0 Å². The van der Waals surface area contributed by atoms with Gasteiger partial charge in [-0.05, 0) is 76.8 Å². The third-order valence-electron chi connectivity index (χ3n) is 6.23. The minimum Gasteiger partial charge on any atom is -0.476 e. The van der Waals surface area contributed by atoms with Crippen LogP contribution in [0.25, 0.3) is 11.1 Å². The molecule has 4 rings (SSSR count). The molecule has 1 aliphatic carbocycles. The lowest BCUT2D eigenvalue weighted by molar-refractivity contribution is -0.170.